The summed E-state index contributed by atoms with van der Waals surface area (Å²) in [5.41, 5.74) is 5.03. The highest BCUT2D eigenvalue weighted by Gasteiger charge is 2.23. The molecule has 4 rings (SSSR count). The van der Waals surface area contributed by atoms with Gasteiger partial charge >= 0.3 is 0 Å². The summed E-state index contributed by atoms with van der Waals surface area (Å²) in [6.07, 6.45) is 4.55. The van der Waals surface area contributed by atoms with E-state index in [4.69, 9.17) is 0 Å². The molecule has 1 aliphatic carbocycles. The average Bonchev–Trinajstić information content (AvgIpc) is 3.24. The summed E-state index contributed by atoms with van der Waals surface area (Å²) in [6, 6.07) is 15.2. The van der Waals surface area contributed by atoms with Crippen LogP contribution in [0.2, 0.25) is 0 Å². The molecular weight excluding hydrogens is 246 g/mol. The molecule has 2 N–H and O–H groups in total. The molecule has 1 fully saturated rings. The topological polar surface area (TPSA) is 40.7 Å². The lowest BCUT2D eigenvalue weighted by Gasteiger charge is -2.08. The Morgan fingerprint density at radius 2 is 2.10 bits per heavy atom. The standard InChI is InChI=1S/C17H17N3/c1-2-12(8-14(3-1)13-4-5-13)10-18-16-7-6-15-11-19-20-17(15)9-16/h1-3,6-9,11,13,18H,4-5,10H2,(H,19,20). The molecule has 0 spiro atoms. The van der Waals surface area contributed by atoms with Crippen LogP contribution in [0.5, 0.6) is 0 Å². The molecular formula is C17H17N3. The van der Waals surface area contributed by atoms with Gasteiger partial charge in [-0.15, -0.1) is 0 Å². The molecule has 20 heavy (non-hydrogen) atoms. The summed E-state index contributed by atoms with van der Waals surface area (Å²) in [6.45, 7) is 0.861. The van der Waals surface area contributed by atoms with E-state index in [2.05, 4.69) is 58.0 Å². The van der Waals surface area contributed by atoms with Crippen LogP contribution >= 0.6 is 0 Å². The van der Waals surface area contributed by atoms with Gasteiger partial charge in [-0.2, -0.15) is 5.10 Å². The lowest BCUT2D eigenvalue weighted by Crippen LogP contribution is -1.99. The molecule has 1 aliphatic rings. The number of fused-ring (bicyclic) bond motifs is 1. The summed E-state index contributed by atoms with van der Waals surface area (Å²) in [5.74, 6) is 0.816. The molecule has 0 saturated heterocycles. The number of nitrogens with one attached hydrogen (secondary N) is 2. The minimum absolute atomic E-state index is 0.816. The number of nitrogens with zero attached hydrogens (tertiary/aromatic N) is 1. The number of rotatable bonds is 4. The van der Waals surface area contributed by atoms with Crippen LogP contribution in [0, 0.1) is 0 Å². The predicted molar refractivity (Wildman–Crippen MR) is 81.8 cm³/mol. The molecule has 0 bridgehead atoms. The lowest BCUT2D eigenvalue weighted by molar-refractivity contribution is 1.08. The minimum Gasteiger partial charge on any atom is -0.381 e. The maximum Gasteiger partial charge on any atom is 0.0670 e. The highest BCUT2D eigenvalue weighted by molar-refractivity contribution is 5.81. The van der Waals surface area contributed by atoms with Gasteiger partial charge in [0.15, 0.2) is 0 Å². The van der Waals surface area contributed by atoms with Gasteiger partial charge in [-0.05, 0) is 48.1 Å². The fraction of sp³-hybridized carbons (Fsp3) is 0.235. The molecule has 3 heteroatoms. The van der Waals surface area contributed by atoms with Crippen LogP contribution < -0.4 is 5.32 Å². The van der Waals surface area contributed by atoms with Crippen molar-refractivity contribution in [3.63, 3.8) is 0 Å². The van der Waals surface area contributed by atoms with Gasteiger partial charge in [0.05, 0.1) is 11.7 Å². The van der Waals surface area contributed by atoms with Gasteiger partial charge in [0.2, 0.25) is 0 Å². The first-order valence-electron chi connectivity index (χ1n) is 7.14. The van der Waals surface area contributed by atoms with Crippen LogP contribution in [0.3, 0.4) is 0 Å². The molecule has 0 amide bonds. The summed E-state index contributed by atoms with van der Waals surface area (Å²) in [4.78, 5) is 0. The second-order valence-electron chi connectivity index (χ2n) is 5.54. The third kappa shape index (κ3) is 2.27. The Hall–Kier alpha value is -2.29. The maximum absolute atomic E-state index is 4.05. The van der Waals surface area contributed by atoms with Crippen molar-refractivity contribution < 1.29 is 0 Å². The molecule has 3 nitrogen and oxygen atoms in total. The van der Waals surface area contributed by atoms with E-state index in [9.17, 15) is 0 Å². The molecule has 0 radical (unpaired) electrons. The first-order chi connectivity index (χ1) is 9.88. The summed E-state index contributed by atoms with van der Waals surface area (Å²) in [7, 11) is 0. The Morgan fingerprint density at radius 1 is 1.15 bits per heavy atom. The zero-order chi connectivity index (χ0) is 13.4. The van der Waals surface area contributed by atoms with E-state index in [1.807, 2.05) is 6.20 Å². The van der Waals surface area contributed by atoms with Crippen molar-refractivity contribution in [2.24, 2.45) is 0 Å². The van der Waals surface area contributed by atoms with Gasteiger partial charge in [0, 0.05) is 17.6 Å². The van der Waals surface area contributed by atoms with Crippen molar-refractivity contribution in [2.45, 2.75) is 25.3 Å². The molecule has 100 valence electrons. The third-order valence-corrected chi connectivity index (χ3v) is 3.94. The van der Waals surface area contributed by atoms with Gasteiger partial charge in [0.25, 0.3) is 0 Å². The number of aromatic amines is 1. The Balaban J connectivity index is 1.50. The van der Waals surface area contributed by atoms with Crippen molar-refractivity contribution in [3.05, 3.63) is 59.8 Å². The van der Waals surface area contributed by atoms with Crippen molar-refractivity contribution in [3.8, 4) is 0 Å². The fourth-order valence-corrected chi connectivity index (χ4v) is 2.62. The zero-order valence-corrected chi connectivity index (χ0v) is 11.3. The highest BCUT2D eigenvalue weighted by Crippen LogP contribution is 2.40. The van der Waals surface area contributed by atoms with Crippen molar-refractivity contribution in [2.75, 3.05) is 5.32 Å². The number of hydrogen-bond donors (Lipinski definition) is 2. The summed E-state index contributed by atoms with van der Waals surface area (Å²) >= 11 is 0. The molecule has 0 aliphatic heterocycles. The van der Waals surface area contributed by atoms with Crippen LogP contribution in [0.25, 0.3) is 10.9 Å². The third-order valence-electron chi connectivity index (χ3n) is 3.94. The van der Waals surface area contributed by atoms with E-state index in [-0.39, 0.29) is 0 Å². The second kappa shape index (κ2) is 4.67. The molecule has 0 unspecified atom stereocenters. The molecule has 1 heterocycles. The van der Waals surface area contributed by atoms with Crippen molar-refractivity contribution >= 4 is 16.6 Å². The van der Waals surface area contributed by atoms with E-state index in [1.54, 1.807) is 0 Å². The van der Waals surface area contributed by atoms with Crippen LogP contribution in [-0.2, 0) is 6.54 Å². The molecule has 3 aromatic rings. The smallest absolute Gasteiger partial charge is 0.0670 e. The Morgan fingerprint density at radius 3 is 3.00 bits per heavy atom. The van der Waals surface area contributed by atoms with Gasteiger partial charge < -0.3 is 5.32 Å². The lowest BCUT2D eigenvalue weighted by atomic mass is 10.1. The quantitative estimate of drug-likeness (QED) is 0.745. The SMILES string of the molecule is c1cc(CNc2ccc3cn[nH]c3c2)cc(C2CC2)c1. The van der Waals surface area contributed by atoms with E-state index >= 15 is 0 Å². The number of benzene rings is 2. The van der Waals surface area contributed by atoms with Crippen LogP contribution in [0.4, 0.5) is 5.69 Å². The van der Waals surface area contributed by atoms with Gasteiger partial charge in [-0.1, -0.05) is 24.3 Å². The Labute approximate surface area is 118 Å². The Kier molecular flexibility index (Phi) is 2.69. The molecule has 2 aromatic carbocycles. The number of hydrogen-bond acceptors (Lipinski definition) is 2. The Bertz CT molecular complexity index is 741. The van der Waals surface area contributed by atoms with E-state index in [1.165, 1.54) is 24.0 Å². The number of H-pyrrole nitrogens is 1. The van der Waals surface area contributed by atoms with E-state index in [0.717, 1.165) is 29.1 Å². The minimum atomic E-state index is 0.816. The first kappa shape index (κ1) is 11.5. The summed E-state index contributed by atoms with van der Waals surface area (Å²) < 4.78 is 0. The predicted octanol–water partition coefficient (Wildman–Crippen LogP) is 4.05. The zero-order valence-electron chi connectivity index (χ0n) is 11.3. The van der Waals surface area contributed by atoms with Crippen molar-refractivity contribution in [1.29, 1.82) is 0 Å². The molecule has 0 atom stereocenters. The van der Waals surface area contributed by atoms with Gasteiger partial charge in [-0.25, -0.2) is 0 Å². The first-order valence-corrected chi connectivity index (χ1v) is 7.14. The number of aromatic nitrogens is 2. The van der Waals surface area contributed by atoms with Gasteiger partial charge in [-0.3, -0.25) is 5.10 Å². The van der Waals surface area contributed by atoms with Crippen LogP contribution in [-0.4, -0.2) is 10.2 Å². The fourth-order valence-electron chi connectivity index (χ4n) is 2.62. The average molecular weight is 263 g/mol. The van der Waals surface area contributed by atoms with Crippen LogP contribution in [0.1, 0.15) is 29.9 Å². The van der Waals surface area contributed by atoms with Crippen molar-refractivity contribution in [1.82, 2.24) is 10.2 Å². The van der Waals surface area contributed by atoms with E-state index in [0.29, 0.717) is 0 Å². The normalized spacial score (nSPS) is 14.6. The van der Waals surface area contributed by atoms with E-state index < -0.39 is 0 Å². The molecule has 1 aromatic heterocycles. The van der Waals surface area contributed by atoms with Gasteiger partial charge in [0.1, 0.15) is 0 Å². The highest BCUT2D eigenvalue weighted by atomic mass is 15.1. The number of anilines is 1. The van der Waals surface area contributed by atoms with Crippen LogP contribution in [0.15, 0.2) is 48.7 Å². The largest absolute Gasteiger partial charge is 0.381 e. The molecule has 1 saturated carbocycles. The second-order valence-corrected chi connectivity index (χ2v) is 5.54. The maximum atomic E-state index is 4.05. The monoisotopic (exact) mass is 263 g/mol. The summed E-state index contributed by atoms with van der Waals surface area (Å²) in [5, 5.41) is 11.7.